The van der Waals surface area contributed by atoms with E-state index in [1.165, 1.54) is 6.07 Å². The molecule has 0 fully saturated rings. The smallest absolute Gasteiger partial charge is 0.132 e. The zero-order chi connectivity index (χ0) is 16.7. The van der Waals surface area contributed by atoms with E-state index in [9.17, 15) is 4.39 Å². The van der Waals surface area contributed by atoms with Crippen LogP contribution in [0.25, 0.3) is 0 Å². The number of halogens is 2. The van der Waals surface area contributed by atoms with Crippen LogP contribution in [-0.4, -0.2) is 27.2 Å². The molecule has 2 aromatic carbocycles. The Morgan fingerprint density at radius 2 is 1.87 bits per heavy atom. The van der Waals surface area contributed by atoms with Crippen molar-refractivity contribution in [3.8, 4) is 5.75 Å². The van der Waals surface area contributed by atoms with Gasteiger partial charge in [0.25, 0.3) is 0 Å². The molecule has 0 heterocycles. The average molecular weight is 381 g/mol. The first-order chi connectivity index (χ1) is 11.2. The van der Waals surface area contributed by atoms with Gasteiger partial charge in [0.2, 0.25) is 0 Å². The molecule has 23 heavy (non-hydrogen) atoms. The van der Waals surface area contributed by atoms with Crippen LogP contribution in [0.4, 0.5) is 4.39 Å². The summed E-state index contributed by atoms with van der Waals surface area (Å²) in [6.07, 6.45) is 0.887. The summed E-state index contributed by atoms with van der Waals surface area (Å²) in [6.45, 7) is 1.45. The first-order valence-corrected chi connectivity index (χ1v) is 8.44. The monoisotopic (exact) mass is 380 g/mol. The molecule has 1 atom stereocenters. The van der Waals surface area contributed by atoms with Gasteiger partial charge in [-0.1, -0.05) is 34.1 Å². The van der Waals surface area contributed by atoms with Crippen molar-refractivity contribution >= 4 is 15.9 Å². The molecule has 0 aromatic heterocycles. The molecule has 0 aliphatic rings. The van der Waals surface area contributed by atoms with Crippen LogP contribution >= 0.6 is 15.9 Å². The standard InChI is InChI=1S/C18H22BrFN2O/c1-21-10-3-11-23-15-8-9-16(17(20)12-15)18(22-2)13-4-6-14(19)7-5-13/h4-9,12,18,21-22H,3,10-11H2,1-2H3. The summed E-state index contributed by atoms with van der Waals surface area (Å²) in [6, 6.07) is 12.7. The zero-order valence-electron chi connectivity index (χ0n) is 13.4. The highest BCUT2D eigenvalue weighted by Gasteiger charge is 2.16. The van der Waals surface area contributed by atoms with Gasteiger partial charge < -0.3 is 15.4 Å². The molecule has 5 heteroatoms. The van der Waals surface area contributed by atoms with Crippen molar-refractivity contribution in [2.45, 2.75) is 12.5 Å². The van der Waals surface area contributed by atoms with Gasteiger partial charge in [0.1, 0.15) is 11.6 Å². The number of hydrogen-bond donors (Lipinski definition) is 2. The van der Waals surface area contributed by atoms with Gasteiger partial charge in [0.15, 0.2) is 0 Å². The SMILES string of the molecule is CNCCCOc1ccc(C(NC)c2ccc(Br)cc2)c(F)c1. The second-order valence-electron chi connectivity index (χ2n) is 5.26. The van der Waals surface area contributed by atoms with Crippen LogP contribution in [0.15, 0.2) is 46.9 Å². The van der Waals surface area contributed by atoms with Crippen LogP contribution in [0, 0.1) is 5.82 Å². The molecule has 124 valence electrons. The summed E-state index contributed by atoms with van der Waals surface area (Å²) in [7, 11) is 3.72. The van der Waals surface area contributed by atoms with Crippen molar-refractivity contribution in [2.24, 2.45) is 0 Å². The van der Waals surface area contributed by atoms with Crippen LogP contribution in [0.5, 0.6) is 5.75 Å². The average Bonchev–Trinajstić information content (AvgIpc) is 2.56. The molecule has 0 saturated carbocycles. The second-order valence-corrected chi connectivity index (χ2v) is 6.18. The van der Waals surface area contributed by atoms with Gasteiger partial charge in [-0.15, -0.1) is 0 Å². The van der Waals surface area contributed by atoms with E-state index in [0.717, 1.165) is 23.0 Å². The third-order valence-corrected chi connectivity index (χ3v) is 4.14. The maximum absolute atomic E-state index is 14.5. The van der Waals surface area contributed by atoms with Crippen LogP contribution in [0.2, 0.25) is 0 Å². The minimum atomic E-state index is -0.265. The van der Waals surface area contributed by atoms with Gasteiger partial charge >= 0.3 is 0 Å². The van der Waals surface area contributed by atoms with E-state index in [1.807, 2.05) is 44.4 Å². The van der Waals surface area contributed by atoms with Crippen LogP contribution in [0.3, 0.4) is 0 Å². The number of ether oxygens (including phenoxy) is 1. The lowest BCUT2D eigenvalue weighted by atomic mass is 9.98. The largest absolute Gasteiger partial charge is 0.493 e. The molecule has 0 saturated heterocycles. The summed E-state index contributed by atoms with van der Waals surface area (Å²) >= 11 is 3.42. The summed E-state index contributed by atoms with van der Waals surface area (Å²) in [4.78, 5) is 0. The molecule has 0 radical (unpaired) electrons. The quantitative estimate of drug-likeness (QED) is 0.681. The fourth-order valence-electron chi connectivity index (χ4n) is 2.43. The van der Waals surface area contributed by atoms with Crippen molar-refractivity contribution in [3.05, 3.63) is 63.9 Å². The van der Waals surface area contributed by atoms with Crippen molar-refractivity contribution in [1.82, 2.24) is 10.6 Å². The molecule has 0 aliphatic carbocycles. The molecule has 2 N–H and O–H groups in total. The van der Waals surface area contributed by atoms with Gasteiger partial charge in [-0.25, -0.2) is 4.39 Å². The Kier molecular flexibility index (Phi) is 7.02. The highest BCUT2D eigenvalue weighted by Crippen LogP contribution is 2.27. The Balaban J connectivity index is 2.13. The third-order valence-electron chi connectivity index (χ3n) is 3.61. The van der Waals surface area contributed by atoms with E-state index in [1.54, 1.807) is 6.07 Å². The molecular formula is C18H22BrFN2O. The summed E-state index contributed by atoms with van der Waals surface area (Å²) in [5.74, 6) is 0.298. The Hall–Kier alpha value is -1.43. The van der Waals surface area contributed by atoms with Gasteiger partial charge in [0, 0.05) is 16.1 Å². The minimum Gasteiger partial charge on any atom is -0.493 e. The van der Waals surface area contributed by atoms with Gasteiger partial charge in [0.05, 0.1) is 12.6 Å². The fraction of sp³-hybridized carbons (Fsp3) is 0.333. The predicted octanol–water partition coefficient (Wildman–Crippen LogP) is 3.89. The zero-order valence-corrected chi connectivity index (χ0v) is 15.0. The fourth-order valence-corrected chi connectivity index (χ4v) is 2.69. The highest BCUT2D eigenvalue weighted by molar-refractivity contribution is 9.10. The summed E-state index contributed by atoms with van der Waals surface area (Å²) in [5, 5.41) is 6.22. The highest BCUT2D eigenvalue weighted by atomic mass is 79.9. The molecule has 3 nitrogen and oxygen atoms in total. The summed E-state index contributed by atoms with van der Waals surface area (Å²) in [5.41, 5.74) is 1.62. The maximum atomic E-state index is 14.5. The van der Waals surface area contributed by atoms with E-state index >= 15 is 0 Å². The minimum absolute atomic E-state index is 0.193. The lowest BCUT2D eigenvalue weighted by molar-refractivity contribution is 0.308. The first kappa shape index (κ1) is 17.9. The van der Waals surface area contributed by atoms with Crippen LogP contribution in [0.1, 0.15) is 23.6 Å². The normalized spacial score (nSPS) is 12.2. The van der Waals surface area contributed by atoms with Crippen LogP contribution < -0.4 is 15.4 Å². The van der Waals surface area contributed by atoms with Crippen molar-refractivity contribution in [3.63, 3.8) is 0 Å². The number of nitrogens with one attached hydrogen (secondary N) is 2. The Morgan fingerprint density at radius 1 is 1.13 bits per heavy atom. The van der Waals surface area contributed by atoms with Crippen molar-refractivity contribution < 1.29 is 9.13 Å². The van der Waals surface area contributed by atoms with E-state index in [0.29, 0.717) is 17.9 Å². The lowest BCUT2D eigenvalue weighted by Crippen LogP contribution is -2.19. The van der Waals surface area contributed by atoms with E-state index in [2.05, 4.69) is 26.6 Å². The Labute approximate surface area is 145 Å². The third kappa shape index (κ3) is 5.03. The first-order valence-electron chi connectivity index (χ1n) is 7.65. The number of benzene rings is 2. The van der Waals surface area contributed by atoms with Crippen LogP contribution in [-0.2, 0) is 0 Å². The topological polar surface area (TPSA) is 33.3 Å². The number of rotatable bonds is 8. The van der Waals surface area contributed by atoms with Gasteiger partial charge in [-0.05, 0) is 50.8 Å². The molecule has 0 spiro atoms. The molecule has 2 aromatic rings. The Morgan fingerprint density at radius 3 is 2.48 bits per heavy atom. The molecule has 0 bridgehead atoms. The molecular weight excluding hydrogens is 359 g/mol. The van der Waals surface area contributed by atoms with E-state index < -0.39 is 0 Å². The van der Waals surface area contributed by atoms with E-state index in [-0.39, 0.29) is 11.9 Å². The second kappa shape index (κ2) is 9.01. The number of hydrogen-bond acceptors (Lipinski definition) is 3. The maximum Gasteiger partial charge on any atom is 0.132 e. The summed E-state index contributed by atoms with van der Waals surface area (Å²) < 4.78 is 21.1. The molecule has 0 aliphatic heterocycles. The van der Waals surface area contributed by atoms with Gasteiger partial charge in [-0.3, -0.25) is 0 Å². The molecule has 2 rings (SSSR count). The van der Waals surface area contributed by atoms with Crippen molar-refractivity contribution in [1.29, 1.82) is 0 Å². The van der Waals surface area contributed by atoms with Crippen molar-refractivity contribution in [2.75, 3.05) is 27.2 Å². The van der Waals surface area contributed by atoms with Gasteiger partial charge in [-0.2, -0.15) is 0 Å². The lowest BCUT2D eigenvalue weighted by Gasteiger charge is -2.19. The molecule has 0 amide bonds. The van der Waals surface area contributed by atoms with E-state index in [4.69, 9.17) is 4.74 Å². The molecule has 1 unspecified atom stereocenters. The predicted molar refractivity (Wildman–Crippen MR) is 95.5 cm³/mol. The Bertz CT molecular complexity index is 619.